The van der Waals surface area contributed by atoms with E-state index in [0.29, 0.717) is 6.42 Å². The van der Waals surface area contributed by atoms with E-state index in [4.69, 9.17) is 0 Å². The minimum Gasteiger partial charge on any atom is -0.365 e. The van der Waals surface area contributed by atoms with Gasteiger partial charge in [0.15, 0.2) is 0 Å². The highest BCUT2D eigenvalue weighted by Crippen LogP contribution is 2.01. The van der Waals surface area contributed by atoms with Crippen LogP contribution in [-0.4, -0.2) is 16.4 Å². The molecule has 2 N–H and O–H groups in total. The largest absolute Gasteiger partial charge is 0.365 e. The van der Waals surface area contributed by atoms with E-state index in [1.54, 1.807) is 0 Å². The molecule has 72 valence electrons. The molecule has 1 aromatic heterocycles. The number of carbonyl (C=O) groups is 1. The molecule has 3 heteroatoms. The van der Waals surface area contributed by atoms with Gasteiger partial charge in [-0.1, -0.05) is 0 Å². The fraction of sp³-hybridized carbons (Fsp3) is 0.500. The molecule has 1 amide bonds. The molecule has 0 aliphatic heterocycles. The maximum Gasteiger partial charge on any atom is 0.226 e. The Hall–Kier alpha value is -1.25. The van der Waals surface area contributed by atoms with Crippen LogP contribution in [0.2, 0.25) is 0 Å². The molecule has 0 bridgehead atoms. The highest BCUT2D eigenvalue weighted by atomic mass is 16.1. The summed E-state index contributed by atoms with van der Waals surface area (Å²) >= 11 is 0. The lowest BCUT2D eigenvalue weighted by molar-refractivity contribution is -0.121. The molecule has 0 aromatic carbocycles. The number of rotatable bonds is 2. The summed E-state index contributed by atoms with van der Waals surface area (Å²) in [5.41, 5.74) is 0.797. The minimum absolute atomic E-state index is 0.0509. The fourth-order valence-corrected chi connectivity index (χ4v) is 1.11. The van der Waals surface area contributed by atoms with Gasteiger partial charge in [-0.2, -0.15) is 0 Å². The van der Waals surface area contributed by atoms with Crippen LogP contribution in [0.15, 0.2) is 18.3 Å². The first-order chi connectivity index (χ1) is 5.97. The second kappa shape index (κ2) is 3.64. The predicted molar refractivity (Wildman–Crippen MR) is 52.4 cm³/mol. The zero-order valence-corrected chi connectivity index (χ0v) is 8.35. The molecule has 13 heavy (non-hydrogen) atoms. The first-order valence-corrected chi connectivity index (χ1v) is 4.41. The van der Waals surface area contributed by atoms with Gasteiger partial charge >= 0.3 is 0 Å². The minimum atomic E-state index is -0.149. The van der Waals surface area contributed by atoms with Crippen LogP contribution in [0.4, 0.5) is 0 Å². The van der Waals surface area contributed by atoms with E-state index in [1.165, 1.54) is 0 Å². The molecule has 1 rings (SSSR count). The number of H-pyrrole nitrogens is 1. The lowest BCUT2D eigenvalue weighted by atomic mass is 10.1. The third-order valence-electron chi connectivity index (χ3n) is 1.53. The van der Waals surface area contributed by atoms with Gasteiger partial charge in [0, 0.05) is 17.4 Å². The van der Waals surface area contributed by atoms with Crippen molar-refractivity contribution in [1.29, 1.82) is 0 Å². The van der Waals surface area contributed by atoms with Gasteiger partial charge in [0.05, 0.1) is 6.42 Å². The summed E-state index contributed by atoms with van der Waals surface area (Å²) in [5.74, 6) is 0.0509. The van der Waals surface area contributed by atoms with Gasteiger partial charge in [-0.05, 0) is 32.9 Å². The van der Waals surface area contributed by atoms with Crippen molar-refractivity contribution >= 4 is 5.91 Å². The Balaban J connectivity index is 2.43. The van der Waals surface area contributed by atoms with Crippen molar-refractivity contribution in [3.8, 4) is 0 Å². The third-order valence-corrected chi connectivity index (χ3v) is 1.53. The van der Waals surface area contributed by atoms with Gasteiger partial charge < -0.3 is 10.3 Å². The molecule has 0 radical (unpaired) electrons. The molecule has 0 fully saturated rings. The molecule has 3 nitrogen and oxygen atoms in total. The molecule has 0 aliphatic rings. The zero-order valence-electron chi connectivity index (χ0n) is 8.35. The molecule has 0 unspecified atom stereocenters. The fourth-order valence-electron chi connectivity index (χ4n) is 1.11. The van der Waals surface area contributed by atoms with Crippen LogP contribution in [0, 0.1) is 0 Å². The van der Waals surface area contributed by atoms with Gasteiger partial charge in [0.2, 0.25) is 5.91 Å². The number of carbonyl (C=O) groups excluding carboxylic acids is 1. The van der Waals surface area contributed by atoms with Gasteiger partial charge in [0.25, 0.3) is 0 Å². The van der Waals surface area contributed by atoms with Crippen molar-refractivity contribution in [2.45, 2.75) is 32.7 Å². The molecular formula is C10H16N2O. The molecular weight excluding hydrogens is 164 g/mol. The van der Waals surface area contributed by atoms with E-state index in [2.05, 4.69) is 10.3 Å². The summed E-state index contributed by atoms with van der Waals surface area (Å²) in [6.07, 6.45) is 2.24. The van der Waals surface area contributed by atoms with E-state index in [0.717, 1.165) is 5.69 Å². The van der Waals surface area contributed by atoms with Crippen LogP contribution in [0.1, 0.15) is 26.5 Å². The predicted octanol–water partition coefficient (Wildman–Crippen LogP) is 1.47. The van der Waals surface area contributed by atoms with Crippen LogP contribution in [0.25, 0.3) is 0 Å². The summed E-state index contributed by atoms with van der Waals surface area (Å²) in [6, 6.07) is 3.79. The molecule has 0 saturated heterocycles. The van der Waals surface area contributed by atoms with E-state index >= 15 is 0 Å². The number of hydrogen-bond donors (Lipinski definition) is 2. The highest BCUT2D eigenvalue weighted by molar-refractivity contribution is 5.78. The second-order valence-corrected chi connectivity index (χ2v) is 4.17. The highest BCUT2D eigenvalue weighted by Gasteiger charge is 2.13. The first kappa shape index (κ1) is 9.84. The average Bonchev–Trinajstić information content (AvgIpc) is 2.34. The van der Waals surface area contributed by atoms with E-state index < -0.39 is 0 Å². The Morgan fingerprint density at radius 2 is 2.23 bits per heavy atom. The van der Waals surface area contributed by atoms with Gasteiger partial charge in [-0.3, -0.25) is 4.79 Å². The quantitative estimate of drug-likeness (QED) is 0.711. The maximum absolute atomic E-state index is 11.4. The van der Waals surface area contributed by atoms with Crippen molar-refractivity contribution in [1.82, 2.24) is 10.3 Å². The lowest BCUT2D eigenvalue weighted by Gasteiger charge is -2.20. The number of aromatic amines is 1. The molecule has 1 aromatic rings. The third kappa shape index (κ3) is 3.78. The zero-order chi connectivity index (χ0) is 9.90. The van der Waals surface area contributed by atoms with Crippen LogP contribution in [0.5, 0.6) is 0 Å². The SMILES string of the molecule is CC(C)(C)NC(=O)Cc1ccc[nH]1. The van der Waals surface area contributed by atoms with E-state index in [1.807, 2.05) is 39.1 Å². The number of aromatic nitrogens is 1. The monoisotopic (exact) mass is 180 g/mol. The topological polar surface area (TPSA) is 44.9 Å². The van der Waals surface area contributed by atoms with E-state index in [-0.39, 0.29) is 11.4 Å². The maximum atomic E-state index is 11.4. The molecule has 0 atom stereocenters. The van der Waals surface area contributed by atoms with Crippen LogP contribution in [-0.2, 0) is 11.2 Å². The number of nitrogens with one attached hydrogen (secondary N) is 2. The summed E-state index contributed by atoms with van der Waals surface area (Å²) in [6.45, 7) is 5.92. The van der Waals surface area contributed by atoms with Gasteiger partial charge in [-0.15, -0.1) is 0 Å². The summed E-state index contributed by atoms with van der Waals surface area (Å²) in [7, 11) is 0. The molecule has 1 heterocycles. The second-order valence-electron chi connectivity index (χ2n) is 4.17. The van der Waals surface area contributed by atoms with Crippen LogP contribution in [0.3, 0.4) is 0 Å². The Labute approximate surface area is 78.5 Å². The van der Waals surface area contributed by atoms with Crippen molar-refractivity contribution in [2.24, 2.45) is 0 Å². The Morgan fingerprint density at radius 3 is 2.69 bits per heavy atom. The Bertz CT molecular complexity index is 270. The van der Waals surface area contributed by atoms with Crippen molar-refractivity contribution in [3.05, 3.63) is 24.0 Å². The van der Waals surface area contributed by atoms with E-state index in [9.17, 15) is 4.79 Å². The summed E-state index contributed by atoms with van der Waals surface area (Å²) in [5, 5.41) is 2.90. The smallest absolute Gasteiger partial charge is 0.226 e. The first-order valence-electron chi connectivity index (χ1n) is 4.41. The van der Waals surface area contributed by atoms with Gasteiger partial charge in [-0.25, -0.2) is 0 Å². The number of hydrogen-bond acceptors (Lipinski definition) is 1. The van der Waals surface area contributed by atoms with Crippen molar-refractivity contribution < 1.29 is 4.79 Å². The molecule has 0 saturated carbocycles. The summed E-state index contributed by atoms with van der Waals surface area (Å²) in [4.78, 5) is 14.4. The standard InChI is InChI=1S/C10H16N2O/c1-10(2,3)12-9(13)7-8-5-4-6-11-8/h4-6,11H,7H2,1-3H3,(H,12,13). The van der Waals surface area contributed by atoms with Crippen LogP contribution < -0.4 is 5.32 Å². The Morgan fingerprint density at radius 1 is 1.54 bits per heavy atom. The van der Waals surface area contributed by atoms with Crippen molar-refractivity contribution in [3.63, 3.8) is 0 Å². The number of amides is 1. The molecule has 0 aliphatic carbocycles. The molecule has 0 spiro atoms. The Kier molecular flexibility index (Phi) is 2.76. The average molecular weight is 180 g/mol. The summed E-state index contributed by atoms with van der Waals surface area (Å²) < 4.78 is 0. The van der Waals surface area contributed by atoms with Crippen molar-refractivity contribution in [2.75, 3.05) is 0 Å². The van der Waals surface area contributed by atoms with Gasteiger partial charge in [0.1, 0.15) is 0 Å². The lowest BCUT2D eigenvalue weighted by Crippen LogP contribution is -2.41. The normalized spacial score (nSPS) is 11.3. The van der Waals surface area contributed by atoms with Crippen LogP contribution >= 0.6 is 0 Å².